The van der Waals surface area contributed by atoms with Crippen molar-refractivity contribution in [3.8, 4) is 0 Å². The first-order chi connectivity index (χ1) is 9.40. The van der Waals surface area contributed by atoms with Crippen molar-refractivity contribution in [3.63, 3.8) is 0 Å². The summed E-state index contributed by atoms with van der Waals surface area (Å²) in [4.78, 5) is 11.6. The van der Waals surface area contributed by atoms with E-state index in [4.69, 9.17) is 0 Å². The van der Waals surface area contributed by atoms with Gasteiger partial charge in [-0.1, -0.05) is 0 Å². The molecular formula is C14H19N3S2. The van der Waals surface area contributed by atoms with Gasteiger partial charge < -0.3 is 5.32 Å². The monoisotopic (exact) mass is 293 g/mol. The van der Waals surface area contributed by atoms with Gasteiger partial charge in [0.1, 0.15) is 17.0 Å². The Labute approximate surface area is 122 Å². The molecule has 0 saturated heterocycles. The van der Waals surface area contributed by atoms with E-state index in [0.29, 0.717) is 0 Å². The maximum atomic E-state index is 4.46. The van der Waals surface area contributed by atoms with Crippen molar-refractivity contribution in [3.05, 3.63) is 16.8 Å². The summed E-state index contributed by atoms with van der Waals surface area (Å²) in [5.41, 5.74) is 1.51. The molecule has 0 aliphatic heterocycles. The third-order valence-corrected chi connectivity index (χ3v) is 5.47. The predicted molar refractivity (Wildman–Crippen MR) is 85.5 cm³/mol. The summed E-state index contributed by atoms with van der Waals surface area (Å²) in [5, 5.41) is 4.80. The molecule has 1 N–H and O–H groups in total. The molecule has 2 aromatic rings. The van der Waals surface area contributed by atoms with Crippen molar-refractivity contribution in [2.75, 3.05) is 23.9 Å². The highest BCUT2D eigenvalue weighted by atomic mass is 32.2. The van der Waals surface area contributed by atoms with E-state index in [1.54, 1.807) is 6.33 Å². The molecule has 2 heterocycles. The van der Waals surface area contributed by atoms with E-state index in [1.165, 1.54) is 53.7 Å². The second-order valence-corrected chi connectivity index (χ2v) is 6.96. The number of anilines is 1. The molecule has 0 saturated carbocycles. The number of nitrogens with one attached hydrogen (secondary N) is 1. The lowest BCUT2D eigenvalue weighted by molar-refractivity contribution is 0.700. The number of aromatic nitrogens is 2. The highest BCUT2D eigenvalue weighted by Gasteiger charge is 2.19. The minimum absolute atomic E-state index is 0.998. The summed E-state index contributed by atoms with van der Waals surface area (Å²) in [6.07, 6.45) is 10.1. The summed E-state index contributed by atoms with van der Waals surface area (Å²) in [7, 11) is 0. The lowest BCUT2D eigenvalue weighted by atomic mass is 9.97. The molecule has 0 unspecified atom stereocenters. The summed E-state index contributed by atoms with van der Waals surface area (Å²) < 4.78 is 0. The molecule has 0 amide bonds. The molecule has 2 aromatic heterocycles. The maximum absolute atomic E-state index is 4.46. The van der Waals surface area contributed by atoms with Crippen LogP contribution in [0.2, 0.25) is 0 Å². The minimum Gasteiger partial charge on any atom is -0.369 e. The number of thioether (sulfide) groups is 1. The number of aryl methyl sites for hydroxylation is 2. The standard InChI is InChI=1S/C14H19N3S2/c1-18-8-4-7-15-13-12-10-5-2-3-6-11(10)19-14(12)17-9-16-13/h9H,2-8H2,1H3,(H,15,16,17). The van der Waals surface area contributed by atoms with Gasteiger partial charge in [-0.05, 0) is 49.7 Å². The third-order valence-electron chi connectivity index (χ3n) is 3.57. The zero-order valence-electron chi connectivity index (χ0n) is 11.2. The van der Waals surface area contributed by atoms with Gasteiger partial charge >= 0.3 is 0 Å². The number of fused-ring (bicyclic) bond motifs is 3. The average Bonchev–Trinajstić information content (AvgIpc) is 2.83. The third kappa shape index (κ3) is 2.72. The second kappa shape index (κ2) is 6.09. The Morgan fingerprint density at radius 2 is 2.21 bits per heavy atom. The largest absolute Gasteiger partial charge is 0.369 e. The van der Waals surface area contributed by atoms with Crippen LogP contribution in [-0.2, 0) is 12.8 Å². The van der Waals surface area contributed by atoms with Gasteiger partial charge in [0, 0.05) is 11.4 Å². The zero-order valence-corrected chi connectivity index (χ0v) is 12.9. The second-order valence-electron chi connectivity index (χ2n) is 4.89. The van der Waals surface area contributed by atoms with Crippen molar-refractivity contribution < 1.29 is 0 Å². The van der Waals surface area contributed by atoms with E-state index in [-0.39, 0.29) is 0 Å². The van der Waals surface area contributed by atoms with Gasteiger partial charge in [0.2, 0.25) is 0 Å². The summed E-state index contributed by atoms with van der Waals surface area (Å²) in [5.74, 6) is 2.24. The van der Waals surface area contributed by atoms with Crippen molar-refractivity contribution in [1.29, 1.82) is 0 Å². The molecule has 0 bridgehead atoms. The van der Waals surface area contributed by atoms with Gasteiger partial charge in [0.25, 0.3) is 0 Å². The molecule has 0 radical (unpaired) electrons. The molecule has 0 spiro atoms. The number of hydrogen-bond donors (Lipinski definition) is 1. The van der Waals surface area contributed by atoms with Crippen molar-refractivity contribution in [1.82, 2.24) is 9.97 Å². The van der Waals surface area contributed by atoms with Gasteiger partial charge in [0.15, 0.2) is 0 Å². The van der Waals surface area contributed by atoms with Crippen LogP contribution in [0.15, 0.2) is 6.33 Å². The molecule has 19 heavy (non-hydrogen) atoms. The van der Waals surface area contributed by atoms with Crippen LogP contribution in [0.1, 0.15) is 29.7 Å². The topological polar surface area (TPSA) is 37.8 Å². The fourth-order valence-electron chi connectivity index (χ4n) is 2.65. The predicted octanol–water partition coefficient (Wildman–Crippen LogP) is 3.74. The number of nitrogens with zero attached hydrogens (tertiary/aromatic N) is 2. The van der Waals surface area contributed by atoms with Gasteiger partial charge in [-0.3, -0.25) is 0 Å². The first-order valence-corrected chi connectivity index (χ1v) is 9.09. The van der Waals surface area contributed by atoms with Crippen LogP contribution in [0.25, 0.3) is 10.2 Å². The fourth-order valence-corrected chi connectivity index (χ4v) is 4.31. The molecule has 5 heteroatoms. The zero-order chi connectivity index (χ0) is 13.1. The average molecular weight is 293 g/mol. The van der Waals surface area contributed by atoms with Crippen molar-refractivity contribution in [2.45, 2.75) is 32.1 Å². The van der Waals surface area contributed by atoms with Crippen LogP contribution < -0.4 is 5.32 Å². The Kier molecular flexibility index (Phi) is 4.23. The lowest BCUT2D eigenvalue weighted by Gasteiger charge is -2.12. The van der Waals surface area contributed by atoms with Gasteiger partial charge in [-0.25, -0.2) is 9.97 Å². The van der Waals surface area contributed by atoms with E-state index >= 15 is 0 Å². The molecule has 0 aromatic carbocycles. The molecule has 0 fully saturated rings. The summed E-state index contributed by atoms with van der Waals surface area (Å²) in [6, 6.07) is 0. The SMILES string of the molecule is CSCCCNc1ncnc2sc3c(c12)CCCC3. The highest BCUT2D eigenvalue weighted by molar-refractivity contribution is 7.98. The highest BCUT2D eigenvalue weighted by Crippen LogP contribution is 2.37. The van der Waals surface area contributed by atoms with E-state index in [1.807, 2.05) is 23.1 Å². The molecule has 3 rings (SSSR count). The smallest absolute Gasteiger partial charge is 0.138 e. The van der Waals surface area contributed by atoms with Crippen LogP contribution >= 0.6 is 23.1 Å². The molecular weight excluding hydrogens is 274 g/mol. The summed E-state index contributed by atoms with van der Waals surface area (Å²) in [6.45, 7) is 0.998. The molecule has 1 aliphatic rings. The van der Waals surface area contributed by atoms with Crippen molar-refractivity contribution in [2.24, 2.45) is 0 Å². The van der Waals surface area contributed by atoms with E-state index in [0.717, 1.165) is 17.2 Å². The van der Waals surface area contributed by atoms with Gasteiger partial charge in [0.05, 0.1) is 5.39 Å². The van der Waals surface area contributed by atoms with Crippen molar-refractivity contribution >= 4 is 39.1 Å². The van der Waals surface area contributed by atoms with Crippen LogP contribution in [0.4, 0.5) is 5.82 Å². The van der Waals surface area contributed by atoms with Gasteiger partial charge in [-0.15, -0.1) is 11.3 Å². The Bertz CT molecular complexity index is 565. The lowest BCUT2D eigenvalue weighted by Crippen LogP contribution is -2.06. The number of thiophene rings is 1. The van der Waals surface area contributed by atoms with E-state index in [2.05, 4.69) is 21.5 Å². The van der Waals surface area contributed by atoms with E-state index in [9.17, 15) is 0 Å². The van der Waals surface area contributed by atoms with Crippen LogP contribution in [-0.4, -0.2) is 28.5 Å². The first kappa shape index (κ1) is 13.2. The van der Waals surface area contributed by atoms with Crippen LogP contribution in [0, 0.1) is 0 Å². The molecule has 102 valence electrons. The quantitative estimate of drug-likeness (QED) is 0.852. The normalized spacial score (nSPS) is 14.6. The minimum atomic E-state index is 0.998. The van der Waals surface area contributed by atoms with E-state index < -0.39 is 0 Å². The maximum Gasteiger partial charge on any atom is 0.138 e. The van der Waals surface area contributed by atoms with Gasteiger partial charge in [-0.2, -0.15) is 11.8 Å². The molecule has 3 nitrogen and oxygen atoms in total. The first-order valence-electron chi connectivity index (χ1n) is 6.88. The Morgan fingerprint density at radius 1 is 1.32 bits per heavy atom. The summed E-state index contributed by atoms with van der Waals surface area (Å²) >= 11 is 3.76. The Morgan fingerprint density at radius 3 is 3.11 bits per heavy atom. The molecule has 0 atom stereocenters. The Balaban J connectivity index is 1.88. The number of rotatable bonds is 5. The number of hydrogen-bond acceptors (Lipinski definition) is 5. The molecule has 1 aliphatic carbocycles. The van der Waals surface area contributed by atoms with Crippen LogP contribution in [0.5, 0.6) is 0 Å². The Hall–Kier alpha value is -0.810. The van der Waals surface area contributed by atoms with Crippen LogP contribution in [0.3, 0.4) is 0 Å². The fraction of sp³-hybridized carbons (Fsp3) is 0.571.